The molecule has 3 N–H and O–H groups in total. The number of halogens is 1. The fraction of sp³-hybridized carbons (Fsp3) is 0.417. The number of rotatable bonds is 2. The summed E-state index contributed by atoms with van der Waals surface area (Å²) in [6, 6.07) is 1.74. The third-order valence-corrected chi connectivity index (χ3v) is 3.63. The maximum Gasteiger partial charge on any atom is 0.255 e. The van der Waals surface area contributed by atoms with Crippen LogP contribution >= 0.6 is 15.9 Å². The second-order valence-electron chi connectivity index (χ2n) is 4.51. The van der Waals surface area contributed by atoms with Crippen molar-refractivity contribution in [2.75, 3.05) is 13.1 Å². The van der Waals surface area contributed by atoms with Crippen molar-refractivity contribution in [3.63, 3.8) is 0 Å². The Labute approximate surface area is 119 Å². The molecule has 6 nitrogen and oxygen atoms in total. The molecular weight excluding hydrogens is 312 g/mol. The van der Waals surface area contributed by atoms with Crippen LogP contribution < -0.4 is 5.73 Å². The van der Waals surface area contributed by atoms with E-state index in [0.717, 1.165) is 17.3 Å². The van der Waals surface area contributed by atoms with Gasteiger partial charge in [0.05, 0.1) is 5.56 Å². The maximum atomic E-state index is 12.3. The van der Waals surface area contributed by atoms with Crippen molar-refractivity contribution in [3.05, 3.63) is 28.5 Å². The van der Waals surface area contributed by atoms with Crippen LogP contribution in [0.1, 0.15) is 23.2 Å². The number of nitrogens with two attached hydrogens (primary N) is 1. The molecule has 1 saturated heterocycles. The van der Waals surface area contributed by atoms with Crippen LogP contribution in [0.2, 0.25) is 0 Å². The summed E-state index contributed by atoms with van der Waals surface area (Å²) >= 11 is 3.30. The normalized spacial score (nSPS) is 20.4. The highest BCUT2D eigenvalue weighted by Crippen LogP contribution is 2.19. The van der Waals surface area contributed by atoms with Crippen LogP contribution in [-0.2, 0) is 0 Å². The van der Waals surface area contributed by atoms with Crippen molar-refractivity contribution < 1.29 is 10.0 Å². The number of carbonyl (C=O) groups excluding carboxylic acids is 1. The Morgan fingerprint density at radius 2 is 2.37 bits per heavy atom. The highest BCUT2D eigenvalue weighted by molar-refractivity contribution is 9.10. The molecule has 0 radical (unpaired) electrons. The summed E-state index contributed by atoms with van der Waals surface area (Å²) in [4.78, 5) is 18.0. The molecule has 2 rings (SSSR count). The predicted octanol–water partition coefficient (Wildman–Crippen LogP) is 1.44. The fourth-order valence-corrected chi connectivity index (χ4v) is 2.56. The number of nitrogens with zero attached hydrogens (tertiary/aromatic N) is 3. The van der Waals surface area contributed by atoms with Gasteiger partial charge in [0, 0.05) is 35.9 Å². The molecule has 0 spiro atoms. The second kappa shape index (κ2) is 6.01. The van der Waals surface area contributed by atoms with E-state index in [1.54, 1.807) is 23.4 Å². The van der Waals surface area contributed by atoms with E-state index in [9.17, 15) is 4.79 Å². The van der Waals surface area contributed by atoms with Crippen LogP contribution in [0.15, 0.2) is 28.1 Å². The van der Waals surface area contributed by atoms with Crippen LogP contribution in [0.5, 0.6) is 0 Å². The smallest absolute Gasteiger partial charge is 0.255 e. The number of hydrogen-bond acceptors (Lipinski definition) is 4. The highest BCUT2D eigenvalue weighted by Gasteiger charge is 2.27. The largest absolute Gasteiger partial charge is 0.409 e. The average Bonchev–Trinajstić information content (AvgIpc) is 2.45. The number of likely N-dealkylation sites (tertiary alicyclic amines) is 1. The van der Waals surface area contributed by atoms with Gasteiger partial charge < -0.3 is 15.8 Å². The minimum Gasteiger partial charge on any atom is -0.409 e. The van der Waals surface area contributed by atoms with Crippen molar-refractivity contribution in [1.82, 2.24) is 9.88 Å². The SMILES string of the molecule is NC(=NO)C1CCCN(C(=O)c2cncc(Br)c2)C1. The summed E-state index contributed by atoms with van der Waals surface area (Å²) in [6.07, 6.45) is 4.84. The Morgan fingerprint density at radius 1 is 1.58 bits per heavy atom. The minimum atomic E-state index is -0.0807. The lowest BCUT2D eigenvalue weighted by Gasteiger charge is -2.32. The second-order valence-corrected chi connectivity index (χ2v) is 5.42. The summed E-state index contributed by atoms with van der Waals surface area (Å²) in [5, 5.41) is 11.7. The molecule has 0 aliphatic carbocycles. The van der Waals surface area contributed by atoms with Crippen LogP contribution in [0, 0.1) is 5.92 Å². The summed E-state index contributed by atoms with van der Waals surface area (Å²) in [5.74, 6) is 0.0249. The number of pyridine rings is 1. The summed E-state index contributed by atoms with van der Waals surface area (Å²) in [6.45, 7) is 1.15. The summed E-state index contributed by atoms with van der Waals surface area (Å²) < 4.78 is 0.767. The van der Waals surface area contributed by atoms with Crippen molar-refractivity contribution in [1.29, 1.82) is 0 Å². The Bertz CT molecular complexity index is 506. The van der Waals surface area contributed by atoms with Gasteiger partial charge in [-0.25, -0.2) is 0 Å². The lowest BCUT2D eigenvalue weighted by atomic mass is 9.96. The van der Waals surface area contributed by atoms with Gasteiger partial charge in [-0.15, -0.1) is 0 Å². The van der Waals surface area contributed by atoms with E-state index in [4.69, 9.17) is 10.9 Å². The molecule has 102 valence electrons. The monoisotopic (exact) mass is 326 g/mol. The first kappa shape index (κ1) is 13.8. The third kappa shape index (κ3) is 3.23. The van der Waals surface area contributed by atoms with E-state index in [-0.39, 0.29) is 17.7 Å². The molecule has 1 atom stereocenters. The lowest BCUT2D eigenvalue weighted by molar-refractivity contribution is 0.0701. The predicted molar refractivity (Wildman–Crippen MR) is 74.0 cm³/mol. The number of hydrogen-bond donors (Lipinski definition) is 2. The average molecular weight is 327 g/mol. The highest BCUT2D eigenvalue weighted by atomic mass is 79.9. The molecule has 1 amide bonds. The molecule has 19 heavy (non-hydrogen) atoms. The van der Waals surface area contributed by atoms with E-state index < -0.39 is 0 Å². The molecule has 0 saturated carbocycles. The van der Waals surface area contributed by atoms with Gasteiger partial charge >= 0.3 is 0 Å². The standard InChI is InChI=1S/C12H15BrN4O2/c13-10-4-9(5-15-6-10)12(18)17-3-1-2-8(7-17)11(14)16-19/h4-6,8,19H,1-3,7H2,(H2,14,16). The molecule has 0 bridgehead atoms. The molecule has 2 heterocycles. The fourth-order valence-electron chi connectivity index (χ4n) is 2.20. The Hall–Kier alpha value is -1.63. The van der Waals surface area contributed by atoms with E-state index >= 15 is 0 Å². The zero-order chi connectivity index (χ0) is 13.8. The number of amidine groups is 1. The molecule has 7 heteroatoms. The Morgan fingerprint density at radius 3 is 3.05 bits per heavy atom. The van der Waals surface area contributed by atoms with Crippen LogP contribution in [0.4, 0.5) is 0 Å². The molecule has 1 aromatic rings. The summed E-state index contributed by atoms with van der Waals surface area (Å²) in [7, 11) is 0. The molecule has 1 unspecified atom stereocenters. The molecule has 0 aromatic carbocycles. The van der Waals surface area contributed by atoms with Crippen LogP contribution in [-0.4, -0.2) is 39.9 Å². The van der Waals surface area contributed by atoms with Gasteiger partial charge in [0.15, 0.2) is 0 Å². The third-order valence-electron chi connectivity index (χ3n) is 3.19. The number of amides is 1. The van der Waals surface area contributed by atoms with Gasteiger partial charge in [-0.3, -0.25) is 9.78 Å². The van der Waals surface area contributed by atoms with Crippen molar-refractivity contribution >= 4 is 27.7 Å². The van der Waals surface area contributed by atoms with E-state index in [0.29, 0.717) is 18.7 Å². The maximum absolute atomic E-state index is 12.3. The summed E-state index contributed by atoms with van der Waals surface area (Å²) in [5.41, 5.74) is 6.15. The topological polar surface area (TPSA) is 91.8 Å². The first-order valence-corrected chi connectivity index (χ1v) is 6.78. The molecule has 1 aromatic heterocycles. The zero-order valence-corrected chi connectivity index (χ0v) is 11.9. The van der Waals surface area contributed by atoms with E-state index in [1.165, 1.54) is 0 Å². The molecule has 1 fully saturated rings. The number of carbonyl (C=O) groups is 1. The van der Waals surface area contributed by atoms with Crippen molar-refractivity contribution in [2.24, 2.45) is 16.8 Å². The van der Waals surface area contributed by atoms with Gasteiger partial charge in [-0.2, -0.15) is 0 Å². The number of oxime groups is 1. The van der Waals surface area contributed by atoms with Crippen molar-refractivity contribution in [2.45, 2.75) is 12.8 Å². The molecule has 1 aliphatic rings. The first-order valence-electron chi connectivity index (χ1n) is 5.99. The molecular formula is C12H15BrN4O2. The van der Waals surface area contributed by atoms with Crippen molar-refractivity contribution in [3.8, 4) is 0 Å². The first-order chi connectivity index (χ1) is 9.11. The van der Waals surface area contributed by atoms with Gasteiger partial charge in [0.25, 0.3) is 5.91 Å². The van der Waals surface area contributed by atoms with Gasteiger partial charge in [-0.05, 0) is 34.8 Å². The van der Waals surface area contributed by atoms with E-state index in [2.05, 4.69) is 26.1 Å². The Balaban J connectivity index is 2.11. The minimum absolute atomic E-state index is 0.0794. The lowest BCUT2D eigenvalue weighted by Crippen LogP contribution is -2.44. The van der Waals surface area contributed by atoms with Gasteiger partial charge in [-0.1, -0.05) is 5.16 Å². The van der Waals surface area contributed by atoms with Crippen LogP contribution in [0.25, 0.3) is 0 Å². The quantitative estimate of drug-likeness (QED) is 0.372. The zero-order valence-electron chi connectivity index (χ0n) is 10.3. The number of aromatic nitrogens is 1. The van der Waals surface area contributed by atoms with E-state index in [1.807, 2.05) is 0 Å². The van der Waals surface area contributed by atoms with Gasteiger partial charge in [0.2, 0.25) is 0 Å². The molecule has 1 aliphatic heterocycles. The van der Waals surface area contributed by atoms with Crippen LogP contribution in [0.3, 0.4) is 0 Å². The number of piperidine rings is 1. The van der Waals surface area contributed by atoms with Gasteiger partial charge in [0.1, 0.15) is 5.84 Å². The Kier molecular flexibility index (Phi) is 4.36.